The molecule has 0 bridgehead atoms. The minimum absolute atomic E-state index is 0.00923. The molecule has 3 heterocycles. The highest BCUT2D eigenvalue weighted by Gasteiger charge is 2.35. The van der Waals surface area contributed by atoms with Gasteiger partial charge >= 0.3 is 6.03 Å². The van der Waals surface area contributed by atoms with Crippen LogP contribution in [0.1, 0.15) is 75.6 Å². The van der Waals surface area contributed by atoms with E-state index in [2.05, 4.69) is 46.1 Å². The van der Waals surface area contributed by atoms with E-state index >= 15 is 0 Å². The van der Waals surface area contributed by atoms with E-state index in [0.717, 1.165) is 31.4 Å². The summed E-state index contributed by atoms with van der Waals surface area (Å²) in [5.74, 6) is 0.323. The maximum Gasteiger partial charge on any atom is 0.317 e. The first kappa shape index (κ1) is 21.9. The maximum atomic E-state index is 13.4. The molecular formula is C27H34N4O2. The monoisotopic (exact) mass is 446 g/mol. The summed E-state index contributed by atoms with van der Waals surface area (Å²) in [5.41, 5.74) is 4.70. The van der Waals surface area contributed by atoms with Crippen LogP contribution in [0.3, 0.4) is 0 Å². The van der Waals surface area contributed by atoms with Crippen molar-refractivity contribution in [2.75, 3.05) is 13.1 Å². The molecule has 2 fully saturated rings. The number of fused-ring (bicyclic) bond motifs is 1. The van der Waals surface area contributed by atoms with Crippen molar-refractivity contribution in [2.24, 2.45) is 5.92 Å². The van der Waals surface area contributed by atoms with Crippen molar-refractivity contribution >= 4 is 23.0 Å². The van der Waals surface area contributed by atoms with Gasteiger partial charge < -0.3 is 14.8 Å². The molecule has 1 aromatic heterocycles. The number of aromatic nitrogens is 2. The molecule has 1 aliphatic carbocycles. The second-order valence-electron chi connectivity index (χ2n) is 9.82. The number of carbonyl (C=O) groups excluding carboxylic acids is 2. The number of urea groups is 1. The zero-order valence-corrected chi connectivity index (χ0v) is 19.5. The second kappa shape index (κ2) is 9.54. The molecule has 33 heavy (non-hydrogen) atoms. The number of likely N-dealkylation sites (tertiary alicyclic amines) is 1. The molecule has 0 radical (unpaired) electrons. The van der Waals surface area contributed by atoms with E-state index in [0.29, 0.717) is 31.3 Å². The Kier molecular flexibility index (Phi) is 6.34. The number of rotatable bonds is 5. The average Bonchev–Trinajstić information content (AvgIpc) is 3.43. The topological polar surface area (TPSA) is 67.2 Å². The lowest BCUT2D eigenvalue weighted by molar-refractivity contribution is -0.124. The van der Waals surface area contributed by atoms with Crippen LogP contribution < -0.4 is 5.32 Å². The van der Waals surface area contributed by atoms with E-state index in [-0.39, 0.29) is 18.0 Å². The Morgan fingerprint density at radius 2 is 1.76 bits per heavy atom. The molecule has 1 saturated heterocycles. The molecule has 1 atom stereocenters. The minimum atomic E-state index is -0.00923. The Morgan fingerprint density at radius 1 is 1.03 bits per heavy atom. The minimum Gasteiger partial charge on any atom is -0.335 e. The van der Waals surface area contributed by atoms with Gasteiger partial charge in [-0.25, -0.2) is 9.78 Å². The molecule has 2 aromatic rings. The van der Waals surface area contributed by atoms with Crippen molar-refractivity contribution in [3.63, 3.8) is 0 Å². The Bertz CT molecular complexity index is 1030. The second-order valence-corrected chi connectivity index (χ2v) is 9.82. The van der Waals surface area contributed by atoms with Gasteiger partial charge in [-0.1, -0.05) is 49.6 Å². The van der Waals surface area contributed by atoms with E-state index in [4.69, 9.17) is 0 Å². The smallest absolute Gasteiger partial charge is 0.317 e. The normalized spacial score (nSPS) is 21.8. The zero-order valence-electron chi connectivity index (χ0n) is 19.5. The molecule has 174 valence electrons. The fourth-order valence-electron chi connectivity index (χ4n) is 5.87. The zero-order chi connectivity index (χ0) is 22.8. The summed E-state index contributed by atoms with van der Waals surface area (Å²) < 4.78 is 2.16. The van der Waals surface area contributed by atoms with Gasteiger partial charge in [0.2, 0.25) is 0 Å². The van der Waals surface area contributed by atoms with Gasteiger partial charge in [-0.2, -0.15) is 0 Å². The summed E-state index contributed by atoms with van der Waals surface area (Å²) in [5, 5.41) is 3.21. The van der Waals surface area contributed by atoms with E-state index in [1.54, 1.807) is 0 Å². The number of imidazole rings is 1. The quantitative estimate of drug-likeness (QED) is 0.696. The highest BCUT2D eigenvalue weighted by Crippen LogP contribution is 2.44. The third kappa shape index (κ3) is 4.48. The molecule has 1 unspecified atom stereocenters. The van der Waals surface area contributed by atoms with Crippen LogP contribution in [0.25, 0.3) is 11.1 Å². The van der Waals surface area contributed by atoms with Gasteiger partial charge in [-0.3, -0.25) is 4.79 Å². The summed E-state index contributed by atoms with van der Waals surface area (Å²) >= 11 is 0. The summed E-state index contributed by atoms with van der Waals surface area (Å²) in [4.78, 5) is 32.3. The Labute approximate surface area is 196 Å². The van der Waals surface area contributed by atoms with Crippen LogP contribution in [0.2, 0.25) is 0 Å². The molecule has 6 nitrogen and oxygen atoms in total. The van der Waals surface area contributed by atoms with Gasteiger partial charge in [0, 0.05) is 31.5 Å². The van der Waals surface area contributed by atoms with Gasteiger partial charge in [-0.05, 0) is 49.3 Å². The van der Waals surface area contributed by atoms with Gasteiger partial charge in [0.25, 0.3) is 0 Å². The lowest BCUT2D eigenvalue weighted by Crippen LogP contribution is -2.49. The van der Waals surface area contributed by atoms with Gasteiger partial charge in [0.1, 0.15) is 5.78 Å². The molecule has 2 aliphatic heterocycles. The van der Waals surface area contributed by atoms with Crippen molar-refractivity contribution in [3.05, 3.63) is 54.1 Å². The molecule has 1 N–H and O–H groups in total. The largest absolute Gasteiger partial charge is 0.335 e. The van der Waals surface area contributed by atoms with Crippen molar-refractivity contribution < 1.29 is 9.59 Å². The summed E-state index contributed by atoms with van der Waals surface area (Å²) in [6.07, 6.45) is 11.6. The lowest BCUT2D eigenvalue weighted by atomic mass is 9.86. The Hall–Kier alpha value is -2.89. The lowest BCUT2D eigenvalue weighted by Gasteiger charge is -2.34. The van der Waals surface area contributed by atoms with Crippen LogP contribution in [0.15, 0.2) is 42.9 Å². The number of carbonyl (C=O) groups is 2. The third-order valence-corrected chi connectivity index (χ3v) is 7.77. The standard InChI is InChI=1S/C27H34N4O2/c1-19-24-17-28-18-31(24)23(26(19)21-8-4-2-5-9-21)16-25(32)20-12-14-30(15-13-20)27(33)29-22-10-6-3-7-11-22/h2,4-5,8-9,17-18,20,22-23H,3,6-7,10-16H2,1H3,(H,29,33). The molecule has 3 aliphatic rings. The first-order chi connectivity index (χ1) is 16.1. The fourth-order valence-corrected chi connectivity index (χ4v) is 5.87. The van der Waals surface area contributed by atoms with Crippen LogP contribution in [0, 0.1) is 5.92 Å². The maximum absolute atomic E-state index is 13.4. The highest BCUT2D eigenvalue weighted by atomic mass is 16.2. The molecule has 1 aromatic carbocycles. The van der Waals surface area contributed by atoms with E-state index in [1.807, 2.05) is 23.5 Å². The van der Waals surface area contributed by atoms with Gasteiger partial charge in [0.15, 0.2) is 0 Å². The van der Waals surface area contributed by atoms with E-state index in [1.165, 1.54) is 36.0 Å². The van der Waals surface area contributed by atoms with Crippen LogP contribution in [-0.2, 0) is 4.79 Å². The molecule has 6 heteroatoms. The highest BCUT2D eigenvalue weighted by molar-refractivity contribution is 5.96. The van der Waals surface area contributed by atoms with Crippen molar-refractivity contribution in [3.8, 4) is 0 Å². The number of amides is 2. The van der Waals surface area contributed by atoms with Crippen LogP contribution in [-0.4, -0.2) is 45.4 Å². The summed E-state index contributed by atoms with van der Waals surface area (Å²) in [7, 11) is 0. The summed E-state index contributed by atoms with van der Waals surface area (Å²) in [6, 6.07) is 10.7. The SMILES string of the molecule is CC1=C(c2ccccc2)C(CC(=O)C2CCN(C(=O)NC3CCCCC3)CC2)n2cncc21. The van der Waals surface area contributed by atoms with Crippen molar-refractivity contribution in [1.82, 2.24) is 19.8 Å². The Morgan fingerprint density at radius 3 is 2.48 bits per heavy atom. The van der Waals surface area contributed by atoms with Gasteiger partial charge in [0.05, 0.1) is 24.3 Å². The predicted molar refractivity (Wildman–Crippen MR) is 130 cm³/mol. The summed E-state index contributed by atoms with van der Waals surface area (Å²) in [6.45, 7) is 3.45. The van der Waals surface area contributed by atoms with Crippen molar-refractivity contribution in [2.45, 2.75) is 70.4 Å². The van der Waals surface area contributed by atoms with Gasteiger partial charge in [-0.15, -0.1) is 0 Å². The molecule has 1 saturated carbocycles. The number of allylic oxidation sites excluding steroid dienone is 2. The van der Waals surface area contributed by atoms with Crippen LogP contribution in [0.5, 0.6) is 0 Å². The number of nitrogens with one attached hydrogen (secondary N) is 1. The molecular weight excluding hydrogens is 412 g/mol. The number of ketones is 1. The number of piperidine rings is 1. The number of Topliss-reactive ketones (excluding diaryl/α,β-unsaturated/α-hetero) is 1. The first-order valence-corrected chi connectivity index (χ1v) is 12.5. The third-order valence-electron chi connectivity index (χ3n) is 7.77. The number of hydrogen-bond donors (Lipinski definition) is 1. The number of hydrogen-bond acceptors (Lipinski definition) is 3. The van der Waals surface area contributed by atoms with Crippen LogP contribution in [0.4, 0.5) is 4.79 Å². The van der Waals surface area contributed by atoms with E-state index in [9.17, 15) is 9.59 Å². The fraction of sp³-hybridized carbons (Fsp3) is 0.519. The number of nitrogens with zero attached hydrogens (tertiary/aromatic N) is 3. The van der Waals surface area contributed by atoms with Crippen molar-refractivity contribution in [1.29, 1.82) is 0 Å². The Balaban J connectivity index is 1.21. The van der Waals surface area contributed by atoms with E-state index < -0.39 is 0 Å². The average molecular weight is 447 g/mol. The molecule has 2 amide bonds. The first-order valence-electron chi connectivity index (χ1n) is 12.5. The molecule has 0 spiro atoms. The molecule has 5 rings (SSSR count). The van der Waals surface area contributed by atoms with Crippen LogP contribution >= 0.6 is 0 Å². The predicted octanol–water partition coefficient (Wildman–Crippen LogP) is 5.08. The number of benzene rings is 1.